The van der Waals surface area contributed by atoms with E-state index in [0.29, 0.717) is 12.5 Å². The van der Waals surface area contributed by atoms with E-state index in [2.05, 4.69) is 5.32 Å². The molecule has 18 heavy (non-hydrogen) atoms. The number of carbonyl (C=O) groups excluding carboxylic acids is 1. The maximum Gasteiger partial charge on any atom is 0.249 e. The zero-order chi connectivity index (χ0) is 12.1. The third-order valence-electron chi connectivity index (χ3n) is 3.57. The standard InChI is InChI=1S/C12H22N2O2S.ClH/c13-7-10-1-2-11(16-10)12(15)14-8-9-3-5-17-6-4-9;/h9-11H,1-8,13H2,(H,14,15);1H/t10-,11+;/m1./s1. The van der Waals surface area contributed by atoms with E-state index in [1.807, 2.05) is 11.8 Å². The van der Waals surface area contributed by atoms with Crippen LogP contribution in [0.25, 0.3) is 0 Å². The minimum Gasteiger partial charge on any atom is -0.364 e. The van der Waals surface area contributed by atoms with E-state index in [1.165, 1.54) is 24.3 Å². The number of carbonyl (C=O) groups is 1. The Morgan fingerprint density at radius 1 is 1.28 bits per heavy atom. The number of thioether (sulfide) groups is 1. The number of nitrogens with one attached hydrogen (secondary N) is 1. The van der Waals surface area contributed by atoms with E-state index in [-0.39, 0.29) is 30.5 Å². The van der Waals surface area contributed by atoms with Crippen LogP contribution in [0.15, 0.2) is 0 Å². The minimum atomic E-state index is -0.262. The van der Waals surface area contributed by atoms with Gasteiger partial charge < -0.3 is 15.8 Å². The van der Waals surface area contributed by atoms with Gasteiger partial charge in [0.1, 0.15) is 6.10 Å². The molecule has 0 radical (unpaired) electrons. The van der Waals surface area contributed by atoms with Crippen molar-refractivity contribution >= 4 is 30.1 Å². The van der Waals surface area contributed by atoms with Gasteiger partial charge in [-0.1, -0.05) is 0 Å². The number of halogens is 1. The van der Waals surface area contributed by atoms with Crippen molar-refractivity contribution in [3.8, 4) is 0 Å². The van der Waals surface area contributed by atoms with Gasteiger partial charge in [-0.25, -0.2) is 0 Å². The van der Waals surface area contributed by atoms with Gasteiger partial charge in [0.15, 0.2) is 0 Å². The first-order chi connectivity index (χ1) is 8.29. The van der Waals surface area contributed by atoms with E-state index in [4.69, 9.17) is 10.5 Å². The Bertz CT molecular complexity index is 262. The SMILES string of the molecule is Cl.NC[C@H]1CC[C@@H](C(=O)NCC2CCSCC2)O1. The van der Waals surface area contributed by atoms with Crippen LogP contribution in [0.2, 0.25) is 0 Å². The van der Waals surface area contributed by atoms with Crippen molar-refractivity contribution in [3.63, 3.8) is 0 Å². The Balaban J connectivity index is 0.00000162. The molecule has 0 unspecified atom stereocenters. The van der Waals surface area contributed by atoms with Crippen molar-refractivity contribution in [1.82, 2.24) is 5.32 Å². The summed E-state index contributed by atoms with van der Waals surface area (Å²) in [5, 5.41) is 3.02. The smallest absolute Gasteiger partial charge is 0.249 e. The maximum atomic E-state index is 11.9. The van der Waals surface area contributed by atoms with Crippen molar-refractivity contribution in [2.45, 2.75) is 37.9 Å². The Hall–Kier alpha value is 0.0300. The van der Waals surface area contributed by atoms with Crippen molar-refractivity contribution in [3.05, 3.63) is 0 Å². The average molecular weight is 295 g/mol. The quantitative estimate of drug-likeness (QED) is 0.817. The first-order valence-electron chi connectivity index (χ1n) is 6.50. The van der Waals surface area contributed by atoms with E-state index in [9.17, 15) is 4.79 Å². The van der Waals surface area contributed by atoms with Crippen LogP contribution in [0, 0.1) is 5.92 Å². The summed E-state index contributed by atoms with van der Waals surface area (Å²) in [5.41, 5.74) is 5.53. The van der Waals surface area contributed by atoms with E-state index < -0.39 is 0 Å². The molecule has 0 bridgehead atoms. The Morgan fingerprint density at radius 2 is 2.00 bits per heavy atom. The molecule has 2 heterocycles. The lowest BCUT2D eigenvalue weighted by atomic mass is 10.0. The summed E-state index contributed by atoms with van der Waals surface area (Å²) in [5.74, 6) is 3.18. The highest BCUT2D eigenvalue weighted by Gasteiger charge is 2.30. The average Bonchev–Trinajstić information content (AvgIpc) is 2.86. The summed E-state index contributed by atoms with van der Waals surface area (Å²) in [4.78, 5) is 11.9. The Labute approximate surface area is 119 Å². The number of ether oxygens (including phenoxy) is 1. The van der Waals surface area contributed by atoms with Crippen molar-refractivity contribution in [2.75, 3.05) is 24.6 Å². The molecule has 2 fully saturated rings. The fourth-order valence-electron chi connectivity index (χ4n) is 2.38. The number of hydrogen-bond donors (Lipinski definition) is 2. The van der Waals surface area contributed by atoms with Gasteiger partial charge in [-0.3, -0.25) is 4.79 Å². The van der Waals surface area contributed by atoms with Gasteiger partial charge in [-0.2, -0.15) is 11.8 Å². The number of rotatable bonds is 4. The normalized spacial score (nSPS) is 28.7. The number of hydrogen-bond acceptors (Lipinski definition) is 4. The predicted octanol–water partition coefficient (Wildman–Crippen LogP) is 1.17. The molecule has 1 amide bonds. The molecule has 2 aliphatic heterocycles. The molecule has 3 N–H and O–H groups in total. The monoisotopic (exact) mass is 294 g/mol. The molecule has 0 aliphatic carbocycles. The Morgan fingerprint density at radius 3 is 2.61 bits per heavy atom. The van der Waals surface area contributed by atoms with Crippen LogP contribution >= 0.6 is 24.2 Å². The largest absolute Gasteiger partial charge is 0.364 e. The van der Waals surface area contributed by atoms with E-state index in [0.717, 1.165) is 19.4 Å². The maximum absolute atomic E-state index is 11.9. The molecule has 0 aromatic rings. The zero-order valence-electron chi connectivity index (χ0n) is 10.6. The summed E-state index contributed by atoms with van der Waals surface area (Å²) >= 11 is 2.01. The molecule has 2 atom stereocenters. The predicted molar refractivity (Wildman–Crippen MR) is 77.3 cm³/mol. The molecule has 0 aromatic carbocycles. The van der Waals surface area contributed by atoms with Crippen molar-refractivity contribution < 1.29 is 9.53 Å². The van der Waals surface area contributed by atoms with Gasteiger partial charge in [-0.05, 0) is 43.1 Å². The van der Waals surface area contributed by atoms with Crippen LogP contribution in [-0.4, -0.2) is 42.7 Å². The molecule has 2 aliphatic rings. The second kappa shape index (κ2) is 8.25. The fourth-order valence-corrected chi connectivity index (χ4v) is 3.59. The highest BCUT2D eigenvalue weighted by atomic mass is 35.5. The van der Waals surface area contributed by atoms with Gasteiger partial charge >= 0.3 is 0 Å². The molecule has 4 nitrogen and oxygen atoms in total. The highest BCUT2D eigenvalue weighted by molar-refractivity contribution is 7.99. The highest BCUT2D eigenvalue weighted by Crippen LogP contribution is 2.22. The molecule has 106 valence electrons. The molecule has 0 spiro atoms. The van der Waals surface area contributed by atoms with E-state index in [1.54, 1.807) is 0 Å². The van der Waals surface area contributed by atoms with Crippen molar-refractivity contribution in [2.24, 2.45) is 11.7 Å². The third-order valence-corrected chi connectivity index (χ3v) is 4.62. The van der Waals surface area contributed by atoms with Crippen LogP contribution in [0.3, 0.4) is 0 Å². The third kappa shape index (κ3) is 4.61. The second-order valence-corrected chi connectivity index (χ2v) is 6.09. The van der Waals surface area contributed by atoms with Gasteiger partial charge in [0, 0.05) is 13.1 Å². The number of amides is 1. The zero-order valence-corrected chi connectivity index (χ0v) is 12.2. The first kappa shape index (κ1) is 16.1. The van der Waals surface area contributed by atoms with Crippen LogP contribution in [0.4, 0.5) is 0 Å². The molecule has 2 saturated heterocycles. The van der Waals surface area contributed by atoms with Gasteiger partial charge in [-0.15, -0.1) is 12.4 Å². The molecule has 6 heteroatoms. The summed E-state index contributed by atoms with van der Waals surface area (Å²) in [6.45, 7) is 1.33. The van der Waals surface area contributed by atoms with Crippen LogP contribution in [-0.2, 0) is 9.53 Å². The van der Waals surface area contributed by atoms with Gasteiger partial charge in [0.05, 0.1) is 6.10 Å². The fraction of sp³-hybridized carbons (Fsp3) is 0.917. The second-order valence-electron chi connectivity index (χ2n) is 4.86. The number of nitrogens with two attached hydrogens (primary N) is 1. The summed E-state index contributed by atoms with van der Waals surface area (Å²) in [7, 11) is 0. The Kier molecular flexibility index (Phi) is 7.37. The molecule has 2 rings (SSSR count). The summed E-state index contributed by atoms with van der Waals surface area (Å²) in [6, 6.07) is 0. The first-order valence-corrected chi connectivity index (χ1v) is 7.66. The summed E-state index contributed by atoms with van der Waals surface area (Å²) < 4.78 is 5.57. The summed E-state index contributed by atoms with van der Waals surface area (Å²) in [6.07, 6.45) is 3.99. The minimum absolute atomic E-state index is 0. The lowest BCUT2D eigenvalue weighted by Crippen LogP contribution is -2.38. The topological polar surface area (TPSA) is 64.4 Å². The molecular weight excluding hydrogens is 272 g/mol. The van der Waals surface area contributed by atoms with Crippen LogP contribution in [0.5, 0.6) is 0 Å². The molecule has 0 aromatic heterocycles. The van der Waals surface area contributed by atoms with E-state index >= 15 is 0 Å². The molecular formula is C12H23ClN2O2S. The van der Waals surface area contributed by atoms with Gasteiger partial charge in [0.2, 0.25) is 5.91 Å². The van der Waals surface area contributed by atoms with Crippen molar-refractivity contribution in [1.29, 1.82) is 0 Å². The van der Waals surface area contributed by atoms with Gasteiger partial charge in [0.25, 0.3) is 0 Å². The molecule has 0 saturated carbocycles. The van der Waals surface area contributed by atoms with Crippen LogP contribution in [0.1, 0.15) is 25.7 Å². The van der Waals surface area contributed by atoms with Crippen LogP contribution < -0.4 is 11.1 Å². The lowest BCUT2D eigenvalue weighted by Gasteiger charge is -2.22. The lowest BCUT2D eigenvalue weighted by molar-refractivity contribution is -0.132.